The van der Waals surface area contributed by atoms with E-state index in [0.29, 0.717) is 26.3 Å². The van der Waals surface area contributed by atoms with Crippen LogP contribution >= 0.6 is 39.1 Å². The van der Waals surface area contributed by atoms with Crippen LogP contribution in [0, 0.1) is 0 Å². The molecular formula is C29H43BrCl2N2O5. The van der Waals surface area contributed by atoms with Gasteiger partial charge in [0.2, 0.25) is 0 Å². The summed E-state index contributed by atoms with van der Waals surface area (Å²) < 4.78 is 10.2. The van der Waals surface area contributed by atoms with E-state index >= 15 is 0 Å². The molecule has 2 aromatic rings. The van der Waals surface area contributed by atoms with Gasteiger partial charge in [-0.2, -0.15) is 0 Å². The van der Waals surface area contributed by atoms with Crippen molar-refractivity contribution in [2.24, 2.45) is 0 Å². The second-order valence-corrected chi connectivity index (χ2v) is 9.92. The number of aliphatic hydroxyl groups is 1. The zero-order chi connectivity index (χ0) is 28.8. The van der Waals surface area contributed by atoms with Crippen molar-refractivity contribution in [2.75, 3.05) is 30.4 Å². The van der Waals surface area contributed by atoms with Crippen molar-refractivity contribution in [3.63, 3.8) is 0 Å². The topological polar surface area (TPSA) is 96.9 Å². The average Bonchev–Trinajstić information content (AvgIpc) is 2.96. The van der Waals surface area contributed by atoms with Gasteiger partial charge in [-0.25, -0.2) is 9.59 Å². The molecule has 0 heterocycles. The molecule has 0 saturated heterocycles. The number of alkyl halides is 3. The Morgan fingerprint density at radius 3 is 1.44 bits per heavy atom. The zero-order valence-electron chi connectivity index (χ0n) is 22.6. The van der Waals surface area contributed by atoms with E-state index in [-0.39, 0.29) is 24.1 Å². The fourth-order valence-electron chi connectivity index (χ4n) is 3.09. The Bertz CT molecular complexity index is 752. The molecule has 0 saturated carbocycles. The van der Waals surface area contributed by atoms with E-state index in [1.54, 1.807) is 0 Å². The maximum absolute atomic E-state index is 11.4. The SMILES string of the molecule is ClCCl.O=C(NCCCCCCBr)OCc1ccccc1.O=C(NCCCCCCO)OCc1ccccc1. The molecule has 0 radical (unpaired) electrons. The summed E-state index contributed by atoms with van der Waals surface area (Å²) in [5.74, 6) is 0. The van der Waals surface area contributed by atoms with Gasteiger partial charge in [0, 0.05) is 25.0 Å². The van der Waals surface area contributed by atoms with Crippen molar-refractivity contribution in [3.05, 3.63) is 71.8 Å². The monoisotopic (exact) mass is 648 g/mol. The fourth-order valence-corrected chi connectivity index (χ4v) is 3.49. The molecule has 220 valence electrons. The highest BCUT2D eigenvalue weighted by Gasteiger charge is 2.02. The summed E-state index contributed by atoms with van der Waals surface area (Å²) in [6.45, 7) is 2.19. The van der Waals surface area contributed by atoms with E-state index in [1.165, 1.54) is 12.8 Å². The Labute approximate surface area is 252 Å². The van der Waals surface area contributed by atoms with Gasteiger partial charge in [-0.3, -0.25) is 0 Å². The minimum atomic E-state index is -0.374. The highest BCUT2D eigenvalue weighted by atomic mass is 79.9. The van der Waals surface area contributed by atoms with Crippen LogP contribution in [0.2, 0.25) is 0 Å². The van der Waals surface area contributed by atoms with Crippen LogP contribution in [0.5, 0.6) is 0 Å². The van der Waals surface area contributed by atoms with Crippen LogP contribution in [0.25, 0.3) is 0 Å². The standard InChI is InChI=1S/C14H20BrNO2.C14H21NO3.CH2Cl2/c15-10-6-1-2-7-11-16-14(17)18-12-13-8-4-3-5-9-13;16-11-7-2-1-6-10-15-14(17)18-12-13-8-4-3-5-9-13;2-1-3/h3-5,8-9H,1-2,6-7,10-12H2,(H,16,17);3-5,8-9,16H,1-2,6-7,10-12H2,(H,15,17);1H2. The van der Waals surface area contributed by atoms with Crippen molar-refractivity contribution in [1.29, 1.82) is 0 Å². The lowest BCUT2D eigenvalue weighted by Crippen LogP contribution is -2.25. The van der Waals surface area contributed by atoms with Gasteiger partial charge in [-0.05, 0) is 36.8 Å². The zero-order valence-corrected chi connectivity index (χ0v) is 25.7. The lowest BCUT2D eigenvalue weighted by atomic mass is 10.2. The van der Waals surface area contributed by atoms with E-state index in [9.17, 15) is 9.59 Å². The number of carbonyl (C=O) groups is 2. The Kier molecular flexibility index (Phi) is 27.5. The van der Waals surface area contributed by atoms with Gasteiger partial charge in [0.15, 0.2) is 0 Å². The van der Waals surface area contributed by atoms with Crippen LogP contribution in [0.15, 0.2) is 60.7 Å². The van der Waals surface area contributed by atoms with Gasteiger partial charge >= 0.3 is 12.2 Å². The lowest BCUT2D eigenvalue weighted by molar-refractivity contribution is 0.138. The molecule has 10 heteroatoms. The number of alkyl carbamates (subject to hydrolysis) is 2. The van der Waals surface area contributed by atoms with Gasteiger partial charge in [0.1, 0.15) is 13.2 Å². The number of amides is 2. The van der Waals surface area contributed by atoms with Crippen LogP contribution in [0.4, 0.5) is 9.59 Å². The lowest BCUT2D eigenvalue weighted by Gasteiger charge is -2.06. The van der Waals surface area contributed by atoms with Crippen molar-refractivity contribution in [1.82, 2.24) is 10.6 Å². The van der Waals surface area contributed by atoms with E-state index in [4.69, 9.17) is 37.8 Å². The first-order valence-electron chi connectivity index (χ1n) is 13.2. The number of carbonyl (C=O) groups excluding carboxylic acids is 2. The number of nitrogens with one attached hydrogen (secondary N) is 2. The molecule has 0 aliphatic rings. The maximum atomic E-state index is 11.4. The molecule has 0 unspecified atom stereocenters. The van der Waals surface area contributed by atoms with Crippen LogP contribution in [0.3, 0.4) is 0 Å². The van der Waals surface area contributed by atoms with Gasteiger partial charge < -0.3 is 25.2 Å². The molecule has 7 nitrogen and oxygen atoms in total. The van der Waals surface area contributed by atoms with Crippen molar-refractivity contribution >= 4 is 51.3 Å². The summed E-state index contributed by atoms with van der Waals surface area (Å²) in [5, 5.41) is 15.3. The first-order valence-corrected chi connectivity index (χ1v) is 15.4. The van der Waals surface area contributed by atoms with Crippen molar-refractivity contribution in [3.8, 4) is 0 Å². The summed E-state index contributed by atoms with van der Waals surface area (Å²) in [4.78, 5) is 22.7. The summed E-state index contributed by atoms with van der Waals surface area (Å²) in [7, 11) is 0. The highest BCUT2D eigenvalue weighted by molar-refractivity contribution is 9.09. The minimum Gasteiger partial charge on any atom is -0.445 e. The molecule has 2 rings (SSSR count). The molecule has 2 aromatic carbocycles. The second kappa shape index (κ2) is 29.0. The number of benzene rings is 2. The number of unbranched alkanes of at least 4 members (excludes halogenated alkanes) is 6. The Morgan fingerprint density at radius 1 is 0.667 bits per heavy atom. The van der Waals surface area contributed by atoms with E-state index < -0.39 is 0 Å². The Morgan fingerprint density at radius 2 is 1.05 bits per heavy atom. The summed E-state index contributed by atoms with van der Waals surface area (Å²) in [6, 6.07) is 19.3. The second-order valence-electron chi connectivity index (χ2n) is 8.32. The number of hydrogen-bond acceptors (Lipinski definition) is 5. The number of aliphatic hydroxyl groups excluding tert-OH is 1. The Hall–Kier alpha value is -2.00. The fraction of sp³-hybridized carbons (Fsp3) is 0.517. The first-order chi connectivity index (χ1) is 19.1. The number of hydrogen-bond donors (Lipinski definition) is 3. The molecule has 0 fully saturated rings. The number of halogens is 3. The average molecular weight is 650 g/mol. The molecule has 39 heavy (non-hydrogen) atoms. The molecule has 0 atom stereocenters. The molecule has 0 aromatic heterocycles. The third-order valence-corrected chi connectivity index (χ3v) is 5.67. The van der Waals surface area contributed by atoms with Gasteiger partial charge in [-0.1, -0.05) is 102 Å². The van der Waals surface area contributed by atoms with E-state index in [2.05, 4.69) is 26.6 Å². The van der Waals surface area contributed by atoms with Gasteiger partial charge in [0.25, 0.3) is 0 Å². The third kappa shape index (κ3) is 26.0. The molecular weight excluding hydrogens is 607 g/mol. The highest BCUT2D eigenvalue weighted by Crippen LogP contribution is 2.03. The van der Waals surface area contributed by atoms with E-state index in [0.717, 1.165) is 55.0 Å². The third-order valence-electron chi connectivity index (χ3n) is 5.11. The summed E-state index contributed by atoms with van der Waals surface area (Å²) in [6.07, 6.45) is 7.60. The van der Waals surface area contributed by atoms with Gasteiger partial charge in [-0.15, -0.1) is 23.2 Å². The summed E-state index contributed by atoms with van der Waals surface area (Å²) in [5.41, 5.74) is 1.99. The minimum absolute atomic E-state index is 0.194. The molecule has 0 aliphatic heterocycles. The number of rotatable bonds is 16. The largest absolute Gasteiger partial charge is 0.445 e. The first kappa shape index (κ1) is 37.0. The van der Waals surface area contributed by atoms with Crippen LogP contribution < -0.4 is 10.6 Å². The Balaban J connectivity index is 0.000000673. The van der Waals surface area contributed by atoms with Crippen LogP contribution in [-0.2, 0) is 22.7 Å². The van der Waals surface area contributed by atoms with Crippen molar-refractivity contribution in [2.45, 2.75) is 64.6 Å². The predicted molar refractivity (Wildman–Crippen MR) is 164 cm³/mol. The smallest absolute Gasteiger partial charge is 0.407 e. The van der Waals surface area contributed by atoms with Gasteiger partial charge in [0.05, 0.1) is 5.34 Å². The molecule has 2 amide bonds. The summed E-state index contributed by atoms with van der Waals surface area (Å²) >= 11 is 12.9. The quantitative estimate of drug-likeness (QED) is 0.128. The predicted octanol–water partition coefficient (Wildman–Crippen LogP) is 7.76. The van der Waals surface area contributed by atoms with Crippen LogP contribution in [0.1, 0.15) is 62.5 Å². The normalized spacial score (nSPS) is 9.74. The van der Waals surface area contributed by atoms with Crippen molar-refractivity contribution < 1.29 is 24.2 Å². The molecule has 3 N–H and O–H groups in total. The van der Waals surface area contributed by atoms with Crippen LogP contribution in [-0.4, -0.2) is 47.7 Å². The molecule has 0 aliphatic carbocycles. The molecule has 0 spiro atoms. The maximum Gasteiger partial charge on any atom is 0.407 e. The molecule has 0 bridgehead atoms. The van der Waals surface area contributed by atoms with E-state index in [1.807, 2.05) is 60.7 Å². The number of ether oxygens (including phenoxy) is 2.